The van der Waals surface area contributed by atoms with E-state index in [2.05, 4.69) is 51.2 Å². The molecule has 0 aliphatic heterocycles. The average molecular weight is 311 g/mol. The number of guanidine groups is 1. The number of hydrogen-bond acceptors (Lipinski definition) is 4. The molecule has 21 heavy (non-hydrogen) atoms. The summed E-state index contributed by atoms with van der Waals surface area (Å²) < 4.78 is 0. The van der Waals surface area contributed by atoms with E-state index in [0.29, 0.717) is 6.04 Å². The molecule has 120 valence electrons. The zero-order valence-electron chi connectivity index (χ0n) is 14.2. The highest BCUT2D eigenvalue weighted by Gasteiger charge is 2.13. The number of hydrogen-bond donors (Lipinski definition) is 1. The maximum Gasteiger partial charge on any atom is 0.193 e. The van der Waals surface area contributed by atoms with Crippen LogP contribution in [0.5, 0.6) is 0 Å². The molecule has 1 rings (SSSR count). The fraction of sp³-hybridized carbons (Fsp3) is 0.733. The fourth-order valence-electron chi connectivity index (χ4n) is 2.40. The first-order chi connectivity index (χ1) is 10.0. The Morgan fingerprint density at radius 2 is 2.10 bits per heavy atom. The van der Waals surface area contributed by atoms with Crippen molar-refractivity contribution in [3.63, 3.8) is 0 Å². The van der Waals surface area contributed by atoms with Gasteiger partial charge in [0.25, 0.3) is 0 Å². The summed E-state index contributed by atoms with van der Waals surface area (Å²) in [6, 6.07) is 0.492. The molecule has 0 spiro atoms. The Morgan fingerprint density at radius 1 is 1.43 bits per heavy atom. The number of likely N-dealkylation sites (N-methyl/N-ethyl adjacent to an activating group) is 1. The minimum Gasteiger partial charge on any atom is -0.355 e. The molecule has 0 saturated heterocycles. The van der Waals surface area contributed by atoms with Crippen LogP contribution in [0, 0.1) is 6.92 Å². The quantitative estimate of drug-likeness (QED) is 0.619. The first-order valence-corrected chi connectivity index (χ1v) is 8.46. The number of nitrogens with zero attached hydrogens (tertiary/aromatic N) is 4. The summed E-state index contributed by atoms with van der Waals surface area (Å²) >= 11 is 1.69. The van der Waals surface area contributed by atoms with Crippen molar-refractivity contribution >= 4 is 17.3 Å². The molecule has 0 aliphatic rings. The highest BCUT2D eigenvalue weighted by atomic mass is 32.1. The van der Waals surface area contributed by atoms with E-state index in [4.69, 9.17) is 0 Å². The number of aliphatic imine (C=N–C) groups is 1. The molecular weight excluding hydrogens is 282 g/mol. The molecule has 5 nitrogen and oxygen atoms in total. The highest BCUT2D eigenvalue weighted by molar-refractivity contribution is 7.09. The Kier molecular flexibility index (Phi) is 7.67. The number of nitrogens with one attached hydrogen (secondary N) is 1. The third-order valence-corrected chi connectivity index (χ3v) is 4.45. The third-order valence-electron chi connectivity index (χ3n) is 3.63. The van der Waals surface area contributed by atoms with E-state index < -0.39 is 0 Å². The summed E-state index contributed by atoms with van der Waals surface area (Å²) in [5.41, 5.74) is 1.10. The van der Waals surface area contributed by atoms with Crippen molar-refractivity contribution < 1.29 is 0 Å². The summed E-state index contributed by atoms with van der Waals surface area (Å²) in [4.78, 5) is 13.4. The number of thiazole rings is 1. The zero-order chi connectivity index (χ0) is 15.8. The van der Waals surface area contributed by atoms with Crippen molar-refractivity contribution in [3.8, 4) is 0 Å². The van der Waals surface area contributed by atoms with Gasteiger partial charge in [-0.15, -0.1) is 11.3 Å². The van der Waals surface area contributed by atoms with Gasteiger partial charge in [0.1, 0.15) is 0 Å². The number of rotatable bonds is 7. The molecule has 1 aromatic rings. The van der Waals surface area contributed by atoms with Gasteiger partial charge in [0, 0.05) is 32.1 Å². The minimum atomic E-state index is 0.492. The first kappa shape index (κ1) is 17.9. The van der Waals surface area contributed by atoms with Crippen molar-refractivity contribution in [2.75, 3.05) is 33.7 Å². The molecule has 0 aliphatic carbocycles. The SMILES string of the molecule is CCN(CC)C(C)CNC(=NC)N(C)Cc1csc(C)n1. The van der Waals surface area contributed by atoms with Gasteiger partial charge in [-0.1, -0.05) is 13.8 Å². The molecule has 0 saturated carbocycles. The van der Waals surface area contributed by atoms with Crippen molar-refractivity contribution in [1.29, 1.82) is 0 Å². The Labute approximate surface area is 133 Å². The van der Waals surface area contributed by atoms with Crippen molar-refractivity contribution in [1.82, 2.24) is 20.1 Å². The van der Waals surface area contributed by atoms with Crippen LogP contribution in [-0.2, 0) is 6.54 Å². The molecule has 0 amide bonds. The van der Waals surface area contributed by atoms with Crippen LogP contribution in [0.1, 0.15) is 31.5 Å². The number of aromatic nitrogens is 1. The normalized spacial score (nSPS) is 13.6. The van der Waals surface area contributed by atoms with Crippen LogP contribution in [0.4, 0.5) is 0 Å². The Bertz CT molecular complexity index is 439. The van der Waals surface area contributed by atoms with E-state index in [1.807, 2.05) is 21.0 Å². The van der Waals surface area contributed by atoms with Gasteiger partial charge >= 0.3 is 0 Å². The van der Waals surface area contributed by atoms with E-state index in [-0.39, 0.29) is 0 Å². The summed E-state index contributed by atoms with van der Waals surface area (Å²) in [6.07, 6.45) is 0. The van der Waals surface area contributed by atoms with Gasteiger partial charge in [-0.05, 0) is 26.9 Å². The molecular formula is C15H29N5S. The predicted molar refractivity (Wildman–Crippen MR) is 92.1 cm³/mol. The molecule has 0 radical (unpaired) electrons. The maximum absolute atomic E-state index is 4.50. The lowest BCUT2D eigenvalue weighted by molar-refractivity contribution is 0.230. The van der Waals surface area contributed by atoms with Crippen LogP contribution in [0.15, 0.2) is 10.4 Å². The van der Waals surface area contributed by atoms with Gasteiger partial charge in [0.2, 0.25) is 0 Å². The standard InChI is InChI=1S/C15H29N5S/c1-7-20(8-2)12(3)9-17-15(16-5)19(6)10-14-11-21-13(4)18-14/h11-12H,7-10H2,1-6H3,(H,16,17). The van der Waals surface area contributed by atoms with E-state index >= 15 is 0 Å². The van der Waals surface area contributed by atoms with Crippen molar-refractivity contribution in [2.24, 2.45) is 4.99 Å². The third kappa shape index (κ3) is 5.63. The van der Waals surface area contributed by atoms with Gasteiger partial charge in [0.05, 0.1) is 17.2 Å². The lowest BCUT2D eigenvalue weighted by Gasteiger charge is -2.28. The molecule has 1 unspecified atom stereocenters. The first-order valence-electron chi connectivity index (χ1n) is 7.58. The lowest BCUT2D eigenvalue weighted by atomic mass is 10.3. The van der Waals surface area contributed by atoms with E-state index in [9.17, 15) is 0 Å². The molecule has 0 bridgehead atoms. The lowest BCUT2D eigenvalue weighted by Crippen LogP contribution is -2.46. The van der Waals surface area contributed by atoms with Crippen molar-refractivity contribution in [2.45, 2.75) is 40.3 Å². The largest absolute Gasteiger partial charge is 0.355 e. The predicted octanol–water partition coefficient (Wildman–Crippen LogP) is 2.19. The Balaban J connectivity index is 2.51. The van der Waals surface area contributed by atoms with Gasteiger partial charge in [-0.25, -0.2) is 4.98 Å². The van der Waals surface area contributed by atoms with Crippen molar-refractivity contribution in [3.05, 3.63) is 16.1 Å². The van der Waals surface area contributed by atoms with E-state index in [1.54, 1.807) is 11.3 Å². The fourth-order valence-corrected chi connectivity index (χ4v) is 3.00. The second-order valence-electron chi connectivity index (χ2n) is 5.21. The van der Waals surface area contributed by atoms with Gasteiger partial charge in [0.15, 0.2) is 5.96 Å². The second-order valence-corrected chi connectivity index (χ2v) is 6.27. The van der Waals surface area contributed by atoms with Crippen LogP contribution in [-0.4, -0.2) is 60.5 Å². The molecule has 0 fully saturated rings. The van der Waals surface area contributed by atoms with Gasteiger partial charge < -0.3 is 10.2 Å². The van der Waals surface area contributed by atoms with Crippen LogP contribution >= 0.6 is 11.3 Å². The van der Waals surface area contributed by atoms with E-state index in [1.165, 1.54) is 0 Å². The van der Waals surface area contributed by atoms with Gasteiger partial charge in [-0.3, -0.25) is 9.89 Å². The van der Waals surface area contributed by atoms with E-state index in [0.717, 1.165) is 42.8 Å². The molecule has 6 heteroatoms. The highest BCUT2D eigenvalue weighted by Crippen LogP contribution is 2.09. The van der Waals surface area contributed by atoms with Gasteiger partial charge in [-0.2, -0.15) is 0 Å². The smallest absolute Gasteiger partial charge is 0.193 e. The molecule has 0 aromatic carbocycles. The summed E-state index contributed by atoms with van der Waals surface area (Å²) in [7, 11) is 3.87. The number of aryl methyl sites for hydroxylation is 1. The van der Waals surface area contributed by atoms with Crippen LogP contribution in [0.25, 0.3) is 0 Å². The zero-order valence-corrected chi connectivity index (χ0v) is 15.0. The molecule has 1 N–H and O–H groups in total. The topological polar surface area (TPSA) is 43.8 Å². The summed E-state index contributed by atoms with van der Waals surface area (Å²) in [6.45, 7) is 12.5. The minimum absolute atomic E-state index is 0.492. The summed E-state index contributed by atoms with van der Waals surface area (Å²) in [5.74, 6) is 0.916. The molecule has 1 heterocycles. The Hall–Kier alpha value is -1.14. The van der Waals surface area contributed by atoms with Crippen LogP contribution in [0.2, 0.25) is 0 Å². The second kappa shape index (κ2) is 9.00. The summed E-state index contributed by atoms with van der Waals surface area (Å²) in [5, 5.41) is 6.67. The van der Waals surface area contributed by atoms with Crippen LogP contribution in [0.3, 0.4) is 0 Å². The molecule has 1 atom stereocenters. The molecule has 1 aromatic heterocycles. The maximum atomic E-state index is 4.50. The Morgan fingerprint density at radius 3 is 2.57 bits per heavy atom. The average Bonchev–Trinajstić information content (AvgIpc) is 2.86. The van der Waals surface area contributed by atoms with Crippen LogP contribution < -0.4 is 5.32 Å². The monoisotopic (exact) mass is 311 g/mol.